The van der Waals surface area contributed by atoms with Crippen LogP contribution in [0.4, 0.5) is 0 Å². The van der Waals surface area contributed by atoms with Crippen molar-refractivity contribution in [3.8, 4) is 0 Å². The number of nitrogens with one attached hydrogen (secondary N) is 1. The van der Waals surface area contributed by atoms with Gasteiger partial charge >= 0.3 is 103 Å². The number of rotatable bonds is 10. The molecule has 0 aromatic carbocycles. The second-order valence-corrected chi connectivity index (χ2v) is 16.9. The maximum Gasteiger partial charge on any atom is 1.00 e. The van der Waals surface area contributed by atoms with Gasteiger partial charge in [0.05, 0.1) is 34.0 Å². The molecule has 4 aliphatic carbocycles. The van der Waals surface area contributed by atoms with Gasteiger partial charge in [-0.25, -0.2) is 8.42 Å². The summed E-state index contributed by atoms with van der Waals surface area (Å²) >= 11 is 0. The summed E-state index contributed by atoms with van der Waals surface area (Å²) in [5.41, 5.74) is -0.299. The molecule has 0 aromatic rings. The molecule has 1 amide bonds. The molecule has 5 aliphatic rings. The molecule has 5 rings (SSSR count). The Balaban J connectivity index is 0.00000312. The number of carbonyl (C=O) groups excluding carboxylic acids is 2. The van der Waals surface area contributed by atoms with Gasteiger partial charge in [-0.2, -0.15) is 0 Å². The van der Waals surface area contributed by atoms with Gasteiger partial charge in [-0.05, 0) is 104 Å². The number of aliphatic carboxylic acids is 1. The van der Waals surface area contributed by atoms with Gasteiger partial charge in [0.15, 0.2) is 6.29 Å². The number of aliphatic hydroxyl groups excluding tert-OH is 4. The van der Waals surface area contributed by atoms with E-state index in [0.29, 0.717) is 49.4 Å². The van der Waals surface area contributed by atoms with Crippen LogP contribution in [-0.2, 0) is 29.2 Å². The molecule has 1 aliphatic heterocycles. The first-order valence-electron chi connectivity index (χ1n) is 16.9. The zero-order chi connectivity index (χ0) is 33.8. The average molecular weight is 752 g/mol. The average Bonchev–Trinajstić information content (AvgIpc) is 3.34. The number of carboxylic acids is 1. The maximum absolute atomic E-state index is 12.3. The van der Waals surface area contributed by atoms with Crippen LogP contribution in [0.15, 0.2) is 0 Å². The van der Waals surface area contributed by atoms with Crippen LogP contribution in [0.5, 0.6) is 0 Å². The van der Waals surface area contributed by atoms with Crippen molar-refractivity contribution in [1.29, 1.82) is 0 Å². The molecule has 1 heterocycles. The minimum absolute atomic E-state index is 0. The number of carboxylic acid groups (broad SMARTS) is 1. The fourth-order valence-corrected chi connectivity index (χ4v) is 10.9. The number of amides is 1. The molecular formula is C32H51K2NO12S. The van der Waals surface area contributed by atoms with Crippen LogP contribution in [0.1, 0.15) is 85.0 Å². The second-order valence-electron chi connectivity index (χ2n) is 15.3. The smallest absolute Gasteiger partial charge is 0.748 e. The van der Waals surface area contributed by atoms with E-state index in [1.165, 1.54) is 0 Å². The molecule has 0 bridgehead atoms. The van der Waals surface area contributed by atoms with E-state index in [9.17, 15) is 48.1 Å². The Morgan fingerprint density at radius 2 is 1.67 bits per heavy atom. The number of hydrogen-bond donors (Lipinski definition) is 5. The first-order chi connectivity index (χ1) is 21.5. The largest absolute Gasteiger partial charge is 1.00 e. The Morgan fingerprint density at radius 3 is 2.31 bits per heavy atom. The molecule has 1 saturated heterocycles. The molecule has 2 unspecified atom stereocenters. The van der Waals surface area contributed by atoms with E-state index in [4.69, 9.17) is 9.47 Å². The Bertz CT molecular complexity index is 1250. The minimum atomic E-state index is -4.38. The predicted octanol–water partition coefficient (Wildman–Crippen LogP) is -6.36. The van der Waals surface area contributed by atoms with Crippen LogP contribution < -0.4 is 113 Å². The van der Waals surface area contributed by atoms with Crippen LogP contribution in [0.25, 0.3) is 0 Å². The molecule has 0 aromatic heterocycles. The first kappa shape index (κ1) is 44.3. The van der Waals surface area contributed by atoms with E-state index in [0.717, 1.165) is 32.1 Å². The van der Waals surface area contributed by atoms with Crippen LogP contribution >= 0.6 is 0 Å². The van der Waals surface area contributed by atoms with Crippen LogP contribution in [-0.4, -0.2) is 100 Å². The van der Waals surface area contributed by atoms with Crippen LogP contribution in [0, 0.1) is 46.3 Å². The summed E-state index contributed by atoms with van der Waals surface area (Å²) in [5, 5.41) is 56.4. The van der Waals surface area contributed by atoms with Gasteiger partial charge < -0.3 is 49.7 Å². The summed E-state index contributed by atoms with van der Waals surface area (Å²) in [4.78, 5) is 23.7. The molecule has 5 fully saturated rings. The van der Waals surface area contributed by atoms with E-state index in [-0.39, 0.29) is 150 Å². The SMILES string of the molecule is C[C@H](CCC(=O)NCCS(=O)(=O)[O-])[C@H]1CC[C@H]2C3CC[C@@H]4C[C@H](O[C@@H]5O[C@H](C(=O)[O-])[C@@H](O)[C@H](O)[C@H]5O)CC[C@]4(C)C3C[C@H](O)[C@]12C.[K+].[K+]. The summed E-state index contributed by atoms with van der Waals surface area (Å²) in [5.74, 6) is -0.717. The normalized spacial score (nSPS) is 44.5. The standard InChI is InChI=1S/C32H53NO12S.2K/c1-16(4-9-24(35)33-12-13-46(41,42)43)20-7-8-21-19-6-5-17-14-18(10-11-31(17,2)22(19)15-23(34)32(20,21)3)44-30-27(38)25(36)26(37)28(45-30)29(39)40;;/h16-23,25-28,30,34,36-38H,4-15H2,1-3H3,(H,33,35)(H,39,40)(H,41,42,43);;/q;2*+1/p-2/t16-,17-,18-,19?,20-,21+,22?,23+,25+,26+,27-,28+,30-,31+,32-;;/m1../s1. The van der Waals surface area contributed by atoms with Gasteiger partial charge in [0.2, 0.25) is 5.91 Å². The monoisotopic (exact) mass is 751 g/mol. The molecule has 13 nitrogen and oxygen atoms in total. The first-order valence-corrected chi connectivity index (χ1v) is 18.5. The van der Waals surface area contributed by atoms with Crippen molar-refractivity contribution in [1.82, 2.24) is 5.32 Å². The van der Waals surface area contributed by atoms with Gasteiger partial charge in [-0.15, -0.1) is 0 Å². The Labute approximate surface area is 369 Å². The van der Waals surface area contributed by atoms with E-state index in [2.05, 4.69) is 26.1 Å². The number of hydrogen-bond acceptors (Lipinski definition) is 12. The fraction of sp³-hybridized carbons (Fsp3) is 0.938. The summed E-state index contributed by atoms with van der Waals surface area (Å²) in [6.07, 6.45) is -1.47. The molecule has 264 valence electrons. The van der Waals surface area contributed by atoms with Crippen LogP contribution in [0.2, 0.25) is 0 Å². The molecule has 4 saturated carbocycles. The van der Waals surface area contributed by atoms with Crippen molar-refractivity contribution in [2.24, 2.45) is 46.3 Å². The summed E-state index contributed by atoms with van der Waals surface area (Å²) < 4.78 is 43.8. The molecule has 15 atom stereocenters. The van der Waals surface area contributed by atoms with Crippen molar-refractivity contribution >= 4 is 22.0 Å². The Kier molecular flexibility index (Phi) is 16.2. The number of ether oxygens (including phenoxy) is 2. The van der Waals surface area contributed by atoms with E-state index >= 15 is 0 Å². The molecule has 0 radical (unpaired) electrons. The number of aliphatic hydroxyl groups is 4. The van der Waals surface area contributed by atoms with Gasteiger partial charge in [0, 0.05) is 13.0 Å². The van der Waals surface area contributed by atoms with Gasteiger partial charge in [0.1, 0.15) is 24.4 Å². The van der Waals surface area contributed by atoms with E-state index in [1.54, 1.807) is 0 Å². The zero-order valence-electron chi connectivity index (χ0n) is 29.0. The second kappa shape index (κ2) is 17.6. The molecule has 5 N–H and O–H groups in total. The molecule has 0 spiro atoms. The van der Waals surface area contributed by atoms with E-state index < -0.39 is 58.7 Å². The molecular weight excluding hydrogens is 701 g/mol. The Morgan fingerprint density at radius 1 is 0.979 bits per heavy atom. The molecule has 48 heavy (non-hydrogen) atoms. The number of carbonyl (C=O) groups is 2. The minimum Gasteiger partial charge on any atom is -0.748 e. The van der Waals surface area contributed by atoms with Gasteiger partial charge in [-0.3, -0.25) is 4.79 Å². The van der Waals surface area contributed by atoms with Crippen molar-refractivity contribution in [2.45, 2.75) is 128 Å². The third kappa shape index (κ3) is 9.04. The Hall–Kier alpha value is 1.88. The summed E-state index contributed by atoms with van der Waals surface area (Å²) in [7, 11) is -4.38. The van der Waals surface area contributed by atoms with Gasteiger partial charge in [-0.1, -0.05) is 20.8 Å². The van der Waals surface area contributed by atoms with Crippen molar-refractivity contribution in [3.05, 3.63) is 0 Å². The van der Waals surface area contributed by atoms with Crippen molar-refractivity contribution in [2.75, 3.05) is 12.3 Å². The maximum atomic E-state index is 12.3. The predicted molar refractivity (Wildman–Crippen MR) is 159 cm³/mol. The third-order valence-electron chi connectivity index (χ3n) is 13.1. The van der Waals surface area contributed by atoms with Crippen molar-refractivity contribution in [3.63, 3.8) is 0 Å². The zero-order valence-corrected chi connectivity index (χ0v) is 36.0. The summed E-state index contributed by atoms with van der Waals surface area (Å²) in [6, 6.07) is 0. The topological polar surface area (TPSA) is 226 Å². The van der Waals surface area contributed by atoms with E-state index in [1.807, 2.05) is 0 Å². The number of fused-ring (bicyclic) bond motifs is 5. The molecule has 16 heteroatoms. The third-order valence-corrected chi connectivity index (χ3v) is 13.8. The summed E-state index contributed by atoms with van der Waals surface area (Å²) in [6.45, 7) is 6.49. The van der Waals surface area contributed by atoms with Gasteiger partial charge in [0.25, 0.3) is 0 Å². The van der Waals surface area contributed by atoms with Crippen LogP contribution in [0.3, 0.4) is 0 Å². The van der Waals surface area contributed by atoms with Crippen molar-refractivity contribution < 1.29 is 160 Å². The fourth-order valence-electron chi connectivity index (χ4n) is 10.6. The quantitative estimate of drug-likeness (QED) is 0.0799.